The van der Waals surface area contributed by atoms with Crippen molar-refractivity contribution in [2.45, 2.75) is 39.7 Å². The molecule has 1 aliphatic heterocycles. The van der Waals surface area contributed by atoms with E-state index in [4.69, 9.17) is 0 Å². The van der Waals surface area contributed by atoms with Gasteiger partial charge in [-0.25, -0.2) is 4.98 Å². The van der Waals surface area contributed by atoms with Crippen LogP contribution in [0.4, 0.5) is 5.82 Å². The summed E-state index contributed by atoms with van der Waals surface area (Å²) in [5.41, 5.74) is 1.37. The fourth-order valence-corrected chi connectivity index (χ4v) is 2.69. The normalized spacial score (nSPS) is 20.6. The molecule has 100 valence electrons. The van der Waals surface area contributed by atoms with Gasteiger partial charge in [-0.15, -0.1) is 0 Å². The largest absolute Gasteiger partial charge is 0.370 e. The van der Waals surface area contributed by atoms with E-state index in [-0.39, 0.29) is 0 Å². The Morgan fingerprint density at radius 3 is 3.06 bits per heavy atom. The molecule has 3 heteroatoms. The van der Waals surface area contributed by atoms with E-state index >= 15 is 0 Å². The summed E-state index contributed by atoms with van der Waals surface area (Å²) in [6.45, 7) is 10.0. The summed E-state index contributed by atoms with van der Waals surface area (Å²) in [5.74, 6) is 1.72. The predicted octanol–water partition coefficient (Wildman–Crippen LogP) is 3.31. The highest BCUT2D eigenvalue weighted by molar-refractivity contribution is 5.46. The molecule has 1 aromatic heterocycles. The molecule has 1 aliphatic rings. The minimum atomic E-state index is 0.554. The number of pyridine rings is 1. The number of hydrogen-bond donors (Lipinski definition) is 1. The summed E-state index contributed by atoms with van der Waals surface area (Å²) in [5, 5.41) is 3.50. The summed E-state index contributed by atoms with van der Waals surface area (Å²) in [4.78, 5) is 7.08. The first-order valence-corrected chi connectivity index (χ1v) is 7.15. The average Bonchev–Trinajstić information content (AvgIpc) is 2.84. The van der Waals surface area contributed by atoms with E-state index < -0.39 is 0 Å². The number of likely N-dealkylation sites (tertiary alicyclic amines) is 1. The third-order valence-corrected chi connectivity index (χ3v) is 3.65. The van der Waals surface area contributed by atoms with Crippen LogP contribution in [-0.2, 0) is 0 Å². The first kappa shape index (κ1) is 13.3. The van der Waals surface area contributed by atoms with Crippen molar-refractivity contribution in [3.05, 3.63) is 23.9 Å². The third-order valence-electron chi connectivity index (χ3n) is 3.65. The molecule has 0 radical (unpaired) electrons. The maximum absolute atomic E-state index is 4.53. The summed E-state index contributed by atoms with van der Waals surface area (Å²) < 4.78 is 0. The number of nitrogens with one attached hydrogen (secondary N) is 1. The van der Waals surface area contributed by atoms with Crippen molar-refractivity contribution >= 4 is 5.82 Å². The maximum Gasteiger partial charge on any atom is 0.130 e. The van der Waals surface area contributed by atoms with Crippen molar-refractivity contribution < 1.29 is 0 Å². The molecule has 2 rings (SSSR count). The summed E-state index contributed by atoms with van der Waals surface area (Å²) >= 11 is 0. The minimum absolute atomic E-state index is 0.554. The smallest absolute Gasteiger partial charge is 0.130 e. The summed E-state index contributed by atoms with van der Waals surface area (Å²) in [6, 6.07) is 4.84. The van der Waals surface area contributed by atoms with Crippen molar-refractivity contribution in [2.75, 3.05) is 25.0 Å². The monoisotopic (exact) mass is 247 g/mol. The Kier molecular flexibility index (Phi) is 4.59. The van der Waals surface area contributed by atoms with E-state index in [0.29, 0.717) is 12.0 Å². The predicted molar refractivity (Wildman–Crippen MR) is 76.8 cm³/mol. The molecule has 0 saturated carbocycles. The van der Waals surface area contributed by atoms with Gasteiger partial charge in [0.2, 0.25) is 0 Å². The lowest BCUT2D eigenvalue weighted by Crippen LogP contribution is -2.24. The van der Waals surface area contributed by atoms with Crippen LogP contribution in [0, 0.1) is 5.92 Å². The highest BCUT2D eigenvalue weighted by Gasteiger charge is 2.26. The second kappa shape index (κ2) is 6.19. The molecule has 2 heterocycles. The Balaban J connectivity index is 2.16. The minimum Gasteiger partial charge on any atom is -0.370 e. The van der Waals surface area contributed by atoms with Crippen LogP contribution >= 0.6 is 0 Å². The van der Waals surface area contributed by atoms with Crippen LogP contribution in [0.15, 0.2) is 18.3 Å². The maximum atomic E-state index is 4.53. The van der Waals surface area contributed by atoms with Crippen molar-refractivity contribution in [3.63, 3.8) is 0 Å². The number of hydrogen-bond acceptors (Lipinski definition) is 3. The average molecular weight is 247 g/mol. The second-order valence-electron chi connectivity index (χ2n) is 5.50. The van der Waals surface area contributed by atoms with E-state index in [1.807, 2.05) is 6.20 Å². The Labute approximate surface area is 111 Å². The van der Waals surface area contributed by atoms with E-state index in [1.165, 1.54) is 24.9 Å². The van der Waals surface area contributed by atoms with Gasteiger partial charge in [0, 0.05) is 24.3 Å². The molecule has 1 saturated heterocycles. The molecule has 1 aromatic rings. The van der Waals surface area contributed by atoms with Crippen molar-refractivity contribution in [1.82, 2.24) is 9.88 Å². The van der Waals surface area contributed by atoms with Crippen LogP contribution in [-0.4, -0.2) is 29.5 Å². The molecule has 18 heavy (non-hydrogen) atoms. The number of aromatic nitrogens is 1. The van der Waals surface area contributed by atoms with E-state index in [9.17, 15) is 0 Å². The Morgan fingerprint density at radius 2 is 2.33 bits per heavy atom. The van der Waals surface area contributed by atoms with Gasteiger partial charge in [-0.05, 0) is 37.9 Å². The lowest BCUT2D eigenvalue weighted by Gasteiger charge is -2.25. The first-order chi connectivity index (χ1) is 8.72. The van der Waals surface area contributed by atoms with Crippen LogP contribution in [0.25, 0.3) is 0 Å². The van der Waals surface area contributed by atoms with Gasteiger partial charge in [0.25, 0.3) is 0 Å². The van der Waals surface area contributed by atoms with Gasteiger partial charge in [0.15, 0.2) is 0 Å². The number of nitrogens with zero attached hydrogens (tertiary/aromatic N) is 2. The van der Waals surface area contributed by atoms with Gasteiger partial charge in [0.05, 0.1) is 0 Å². The SMILES string of the molecule is CCN1CCC[C@H]1c1cccnc1NCC(C)C. The molecule has 0 amide bonds. The van der Waals surface area contributed by atoms with Crippen LogP contribution in [0.2, 0.25) is 0 Å². The van der Waals surface area contributed by atoms with Crippen LogP contribution in [0.5, 0.6) is 0 Å². The summed E-state index contributed by atoms with van der Waals surface area (Å²) in [6.07, 6.45) is 4.45. The molecule has 1 atom stereocenters. The van der Waals surface area contributed by atoms with Crippen molar-refractivity contribution in [1.29, 1.82) is 0 Å². The lowest BCUT2D eigenvalue weighted by molar-refractivity contribution is 0.272. The van der Waals surface area contributed by atoms with Gasteiger partial charge in [-0.1, -0.05) is 26.8 Å². The molecule has 0 aliphatic carbocycles. The molecule has 0 aromatic carbocycles. The van der Waals surface area contributed by atoms with Crippen molar-refractivity contribution in [2.24, 2.45) is 5.92 Å². The van der Waals surface area contributed by atoms with E-state index in [2.05, 4.69) is 48.1 Å². The topological polar surface area (TPSA) is 28.2 Å². The molecule has 3 nitrogen and oxygen atoms in total. The standard InChI is InChI=1S/C15H25N3/c1-4-18-10-6-8-14(18)13-7-5-9-16-15(13)17-11-12(2)3/h5,7,9,12,14H,4,6,8,10-11H2,1-3H3,(H,16,17)/t14-/m0/s1. The molecule has 1 fully saturated rings. The fraction of sp³-hybridized carbons (Fsp3) is 0.667. The zero-order valence-corrected chi connectivity index (χ0v) is 11.8. The Bertz CT molecular complexity index is 376. The van der Waals surface area contributed by atoms with Crippen LogP contribution in [0.1, 0.15) is 45.2 Å². The molecule has 0 unspecified atom stereocenters. The number of rotatable bonds is 5. The quantitative estimate of drug-likeness (QED) is 0.865. The zero-order valence-electron chi connectivity index (χ0n) is 11.8. The molecular weight excluding hydrogens is 222 g/mol. The second-order valence-corrected chi connectivity index (χ2v) is 5.50. The van der Waals surface area contributed by atoms with Crippen LogP contribution < -0.4 is 5.32 Å². The van der Waals surface area contributed by atoms with E-state index in [1.54, 1.807) is 0 Å². The van der Waals surface area contributed by atoms with Gasteiger partial charge in [-0.3, -0.25) is 4.90 Å². The van der Waals surface area contributed by atoms with Gasteiger partial charge < -0.3 is 5.32 Å². The van der Waals surface area contributed by atoms with Gasteiger partial charge in [0.1, 0.15) is 5.82 Å². The Morgan fingerprint density at radius 1 is 1.50 bits per heavy atom. The highest BCUT2D eigenvalue weighted by Crippen LogP contribution is 2.34. The van der Waals surface area contributed by atoms with Crippen LogP contribution in [0.3, 0.4) is 0 Å². The third kappa shape index (κ3) is 3.02. The molecular formula is C15H25N3. The molecule has 1 N–H and O–H groups in total. The zero-order chi connectivity index (χ0) is 13.0. The Hall–Kier alpha value is -1.09. The molecule has 0 spiro atoms. The lowest BCUT2D eigenvalue weighted by atomic mass is 10.1. The van der Waals surface area contributed by atoms with Gasteiger partial charge >= 0.3 is 0 Å². The van der Waals surface area contributed by atoms with Crippen molar-refractivity contribution in [3.8, 4) is 0 Å². The highest BCUT2D eigenvalue weighted by atomic mass is 15.2. The molecule has 0 bridgehead atoms. The van der Waals surface area contributed by atoms with Gasteiger partial charge in [-0.2, -0.15) is 0 Å². The van der Waals surface area contributed by atoms with E-state index in [0.717, 1.165) is 18.9 Å². The number of anilines is 1. The fourth-order valence-electron chi connectivity index (χ4n) is 2.69. The summed E-state index contributed by atoms with van der Waals surface area (Å²) in [7, 11) is 0. The first-order valence-electron chi connectivity index (χ1n) is 7.15.